The number of amides is 1. The predicted molar refractivity (Wildman–Crippen MR) is 71.9 cm³/mol. The first-order valence-electron chi connectivity index (χ1n) is 6.64. The van der Waals surface area contributed by atoms with Gasteiger partial charge < -0.3 is 5.32 Å². The van der Waals surface area contributed by atoms with Crippen molar-refractivity contribution in [3.05, 3.63) is 29.8 Å². The van der Waals surface area contributed by atoms with Crippen LogP contribution in [0.15, 0.2) is 24.3 Å². The van der Waals surface area contributed by atoms with Crippen molar-refractivity contribution in [1.82, 2.24) is 0 Å². The van der Waals surface area contributed by atoms with Crippen LogP contribution >= 0.6 is 0 Å². The van der Waals surface area contributed by atoms with Crippen molar-refractivity contribution >= 4 is 11.6 Å². The van der Waals surface area contributed by atoms with E-state index < -0.39 is 0 Å². The van der Waals surface area contributed by atoms with Crippen LogP contribution < -0.4 is 5.32 Å². The molecule has 1 aromatic rings. The third kappa shape index (κ3) is 2.01. The predicted octanol–water partition coefficient (Wildman–Crippen LogP) is 3.04. The summed E-state index contributed by atoms with van der Waals surface area (Å²) < 4.78 is 0. The van der Waals surface area contributed by atoms with E-state index in [9.17, 15) is 4.79 Å². The van der Waals surface area contributed by atoms with Gasteiger partial charge in [-0.2, -0.15) is 0 Å². The van der Waals surface area contributed by atoms with Crippen LogP contribution in [0.5, 0.6) is 0 Å². The molecule has 0 heterocycles. The van der Waals surface area contributed by atoms with Gasteiger partial charge in [0, 0.05) is 17.2 Å². The van der Waals surface area contributed by atoms with Crippen LogP contribution in [0.4, 0.5) is 5.69 Å². The van der Waals surface area contributed by atoms with E-state index in [1.807, 2.05) is 24.3 Å². The maximum atomic E-state index is 12.2. The van der Waals surface area contributed by atoms with Crippen LogP contribution in [0, 0.1) is 30.1 Å². The minimum Gasteiger partial charge on any atom is -0.326 e. The maximum Gasteiger partial charge on any atom is 0.227 e. The Balaban J connectivity index is 1.69. The van der Waals surface area contributed by atoms with Gasteiger partial charge in [0.15, 0.2) is 0 Å². The largest absolute Gasteiger partial charge is 0.326 e. The second-order valence-electron chi connectivity index (χ2n) is 5.50. The molecule has 2 nitrogen and oxygen atoms in total. The van der Waals surface area contributed by atoms with Crippen molar-refractivity contribution in [3.8, 4) is 12.3 Å². The van der Waals surface area contributed by atoms with E-state index in [2.05, 4.69) is 11.2 Å². The fraction of sp³-hybridized carbons (Fsp3) is 0.438. The van der Waals surface area contributed by atoms with E-state index in [0.29, 0.717) is 5.92 Å². The van der Waals surface area contributed by atoms with Gasteiger partial charge >= 0.3 is 0 Å². The Bertz CT molecular complexity index is 514. The third-order valence-corrected chi connectivity index (χ3v) is 4.37. The third-order valence-electron chi connectivity index (χ3n) is 4.37. The van der Waals surface area contributed by atoms with Gasteiger partial charge in [-0.1, -0.05) is 18.4 Å². The Labute approximate surface area is 108 Å². The molecule has 2 saturated carbocycles. The zero-order valence-corrected chi connectivity index (χ0v) is 10.4. The van der Waals surface area contributed by atoms with Crippen molar-refractivity contribution in [2.75, 3.05) is 5.32 Å². The molecular formula is C16H17NO. The number of rotatable bonds is 2. The van der Waals surface area contributed by atoms with Crippen LogP contribution in [0.1, 0.15) is 31.2 Å². The molecule has 0 spiro atoms. The summed E-state index contributed by atoms with van der Waals surface area (Å²) >= 11 is 0. The number of hydrogen-bond donors (Lipinski definition) is 1. The molecule has 18 heavy (non-hydrogen) atoms. The van der Waals surface area contributed by atoms with Gasteiger partial charge in [0.1, 0.15) is 0 Å². The molecule has 0 aromatic heterocycles. The molecule has 2 aliphatic rings. The molecule has 2 fully saturated rings. The summed E-state index contributed by atoms with van der Waals surface area (Å²) in [6.45, 7) is 0. The number of nitrogens with one attached hydrogen (secondary N) is 1. The van der Waals surface area contributed by atoms with Gasteiger partial charge in [0.05, 0.1) is 0 Å². The number of terminal acetylenes is 1. The van der Waals surface area contributed by atoms with Crippen LogP contribution in [-0.4, -0.2) is 5.91 Å². The molecule has 0 radical (unpaired) electrons. The number of carbonyl (C=O) groups is 1. The fourth-order valence-corrected chi connectivity index (χ4v) is 3.49. The van der Waals surface area contributed by atoms with E-state index >= 15 is 0 Å². The molecule has 0 saturated heterocycles. The molecule has 2 aliphatic carbocycles. The van der Waals surface area contributed by atoms with E-state index in [-0.39, 0.29) is 11.8 Å². The quantitative estimate of drug-likeness (QED) is 0.790. The smallest absolute Gasteiger partial charge is 0.227 e. The van der Waals surface area contributed by atoms with Gasteiger partial charge in [-0.15, -0.1) is 6.42 Å². The average molecular weight is 239 g/mol. The minimum atomic E-state index is 0.177. The molecule has 2 bridgehead atoms. The second kappa shape index (κ2) is 4.49. The van der Waals surface area contributed by atoms with Crippen molar-refractivity contribution in [1.29, 1.82) is 0 Å². The highest BCUT2D eigenvalue weighted by molar-refractivity contribution is 5.93. The molecule has 0 aliphatic heterocycles. The number of anilines is 1. The Morgan fingerprint density at radius 2 is 2.22 bits per heavy atom. The molecular weight excluding hydrogens is 222 g/mol. The van der Waals surface area contributed by atoms with E-state index in [1.54, 1.807) is 0 Å². The van der Waals surface area contributed by atoms with Crippen molar-refractivity contribution < 1.29 is 4.79 Å². The molecule has 2 heteroatoms. The summed E-state index contributed by atoms with van der Waals surface area (Å²) in [6.07, 6.45) is 10.2. The second-order valence-corrected chi connectivity index (χ2v) is 5.50. The van der Waals surface area contributed by atoms with Crippen molar-refractivity contribution in [3.63, 3.8) is 0 Å². The number of carbonyl (C=O) groups excluding carboxylic acids is 1. The zero-order chi connectivity index (χ0) is 12.5. The van der Waals surface area contributed by atoms with Gasteiger partial charge in [-0.25, -0.2) is 0 Å². The highest BCUT2D eigenvalue weighted by Crippen LogP contribution is 2.48. The molecule has 1 amide bonds. The molecule has 3 atom stereocenters. The molecule has 1 aromatic carbocycles. The van der Waals surface area contributed by atoms with Crippen LogP contribution in [0.3, 0.4) is 0 Å². The van der Waals surface area contributed by atoms with Crippen LogP contribution in [-0.2, 0) is 4.79 Å². The first-order chi connectivity index (χ1) is 8.76. The van der Waals surface area contributed by atoms with Crippen molar-refractivity contribution in [2.45, 2.75) is 25.7 Å². The normalized spacial score (nSPS) is 28.9. The molecule has 1 N–H and O–H groups in total. The summed E-state index contributed by atoms with van der Waals surface area (Å²) in [6, 6.07) is 7.50. The first kappa shape index (κ1) is 11.3. The number of benzene rings is 1. The number of fused-ring (bicyclic) bond motifs is 2. The standard InChI is InChI=1S/C16H17NO/c1-2-11-4-3-5-14(9-11)17-16(18)15-10-12-6-7-13(15)8-12/h1,3-5,9,12-13,15H,6-8,10H2,(H,17,18). The highest BCUT2D eigenvalue weighted by Gasteiger charge is 2.42. The highest BCUT2D eigenvalue weighted by atomic mass is 16.1. The van der Waals surface area contributed by atoms with Crippen LogP contribution in [0.25, 0.3) is 0 Å². The van der Waals surface area contributed by atoms with Gasteiger partial charge in [-0.3, -0.25) is 4.79 Å². The molecule has 3 rings (SSSR count). The summed E-state index contributed by atoms with van der Waals surface area (Å²) in [5.41, 5.74) is 1.62. The van der Waals surface area contributed by atoms with Gasteiger partial charge in [0.2, 0.25) is 5.91 Å². The summed E-state index contributed by atoms with van der Waals surface area (Å²) in [5, 5.41) is 3.01. The SMILES string of the molecule is C#Cc1cccc(NC(=O)C2CC3CCC2C3)c1. The summed E-state index contributed by atoms with van der Waals surface area (Å²) in [7, 11) is 0. The average Bonchev–Trinajstić information content (AvgIpc) is 3.01. The molecule has 92 valence electrons. The molecule has 3 unspecified atom stereocenters. The monoisotopic (exact) mass is 239 g/mol. The topological polar surface area (TPSA) is 29.1 Å². The summed E-state index contributed by atoms with van der Waals surface area (Å²) in [5.74, 6) is 4.39. The maximum absolute atomic E-state index is 12.2. The van der Waals surface area contributed by atoms with Gasteiger partial charge in [0.25, 0.3) is 0 Å². The lowest BCUT2D eigenvalue weighted by molar-refractivity contribution is -0.121. The Hall–Kier alpha value is -1.75. The van der Waals surface area contributed by atoms with Crippen LogP contribution in [0.2, 0.25) is 0 Å². The number of hydrogen-bond acceptors (Lipinski definition) is 1. The van der Waals surface area contributed by atoms with Crippen molar-refractivity contribution in [2.24, 2.45) is 17.8 Å². The Kier molecular flexibility index (Phi) is 2.83. The van der Waals surface area contributed by atoms with Gasteiger partial charge in [-0.05, 0) is 49.3 Å². The van der Waals surface area contributed by atoms with E-state index in [4.69, 9.17) is 6.42 Å². The minimum absolute atomic E-state index is 0.177. The summed E-state index contributed by atoms with van der Waals surface area (Å²) in [4.78, 5) is 12.2. The lowest BCUT2D eigenvalue weighted by Gasteiger charge is -2.20. The first-order valence-corrected chi connectivity index (χ1v) is 6.64. The Morgan fingerprint density at radius 1 is 1.33 bits per heavy atom. The van der Waals surface area contributed by atoms with E-state index in [0.717, 1.165) is 23.6 Å². The van der Waals surface area contributed by atoms with E-state index in [1.165, 1.54) is 19.3 Å². The lowest BCUT2D eigenvalue weighted by Crippen LogP contribution is -2.27. The Morgan fingerprint density at radius 3 is 2.89 bits per heavy atom. The zero-order valence-electron chi connectivity index (χ0n) is 10.4. The lowest BCUT2D eigenvalue weighted by atomic mass is 9.88. The fourth-order valence-electron chi connectivity index (χ4n) is 3.49.